The standard InChI is InChI=1S/C14H23N3S/c1-10(14(2,3)4)17(5)9-11-6-7-16-12(8-11)13(15)18/h6-8,10H,9H2,1-5H3,(H2,15,18). The van der Waals surface area contributed by atoms with Crippen molar-refractivity contribution in [1.82, 2.24) is 9.88 Å². The molecule has 1 aromatic rings. The number of hydrogen-bond donors (Lipinski definition) is 1. The van der Waals surface area contributed by atoms with Crippen LogP contribution in [-0.2, 0) is 6.54 Å². The fourth-order valence-electron chi connectivity index (χ4n) is 1.79. The van der Waals surface area contributed by atoms with Crippen LogP contribution in [0.3, 0.4) is 0 Å². The quantitative estimate of drug-likeness (QED) is 0.850. The lowest BCUT2D eigenvalue weighted by Crippen LogP contribution is -2.38. The van der Waals surface area contributed by atoms with Crippen molar-refractivity contribution in [3.05, 3.63) is 29.6 Å². The van der Waals surface area contributed by atoms with E-state index in [1.165, 1.54) is 5.56 Å². The second kappa shape index (κ2) is 5.76. The van der Waals surface area contributed by atoms with Gasteiger partial charge in [-0.25, -0.2) is 0 Å². The first-order valence-electron chi connectivity index (χ1n) is 6.17. The second-order valence-corrected chi connectivity index (χ2v) is 6.31. The summed E-state index contributed by atoms with van der Waals surface area (Å²) in [7, 11) is 2.14. The predicted molar refractivity (Wildman–Crippen MR) is 80.5 cm³/mol. The van der Waals surface area contributed by atoms with Gasteiger partial charge >= 0.3 is 0 Å². The van der Waals surface area contributed by atoms with Crippen molar-refractivity contribution in [1.29, 1.82) is 0 Å². The highest BCUT2D eigenvalue weighted by Gasteiger charge is 2.23. The SMILES string of the molecule is CC(N(C)Cc1ccnc(C(N)=S)c1)C(C)(C)C. The molecule has 0 saturated heterocycles. The molecule has 0 aliphatic heterocycles. The second-order valence-electron chi connectivity index (χ2n) is 5.87. The number of nitrogens with zero attached hydrogens (tertiary/aromatic N) is 2. The lowest BCUT2D eigenvalue weighted by atomic mass is 9.87. The minimum atomic E-state index is 0.258. The zero-order chi connectivity index (χ0) is 13.9. The molecular formula is C14H23N3S. The van der Waals surface area contributed by atoms with E-state index in [9.17, 15) is 0 Å². The van der Waals surface area contributed by atoms with E-state index >= 15 is 0 Å². The van der Waals surface area contributed by atoms with Crippen molar-refractivity contribution in [2.24, 2.45) is 11.1 Å². The van der Waals surface area contributed by atoms with Crippen LogP contribution in [0.2, 0.25) is 0 Å². The summed E-state index contributed by atoms with van der Waals surface area (Å²) in [5.41, 5.74) is 7.74. The van der Waals surface area contributed by atoms with Crippen LogP contribution < -0.4 is 5.73 Å². The smallest absolute Gasteiger partial charge is 0.122 e. The molecule has 3 nitrogen and oxygen atoms in total. The molecule has 1 atom stereocenters. The molecule has 0 radical (unpaired) electrons. The van der Waals surface area contributed by atoms with E-state index < -0.39 is 0 Å². The third-order valence-electron chi connectivity index (χ3n) is 3.42. The summed E-state index contributed by atoms with van der Waals surface area (Å²) in [5, 5.41) is 0. The number of aromatic nitrogens is 1. The summed E-state index contributed by atoms with van der Waals surface area (Å²) in [5.74, 6) is 0. The highest BCUT2D eigenvalue weighted by molar-refractivity contribution is 7.80. The average Bonchev–Trinajstić information content (AvgIpc) is 2.27. The number of nitrogens with two attached hydrogens (primary N) is 1. The zero-order valence-electron chi connectivity index (χ0n) is 11.9. The molecule has 18 heavy (non-hydrogen) atoms. The third-order valence-corrected chi connectivity index (χ3v) is 3.63. The molecule has 0 spiro atoms. The fraction of sp³-hybridized carbons (Fsp3) is 0.571. The number of thiocarbonyl (C=S) groups is 1. The molecule has 0 aromatic carbocycles. The molecule has 0 aliphatic rings. The Balaban J connectivity index is 2.79. The van der Waals surface area contributed by atoms with Crippen molar-refractivity contribution in [3.8, 4) is 0 Å². The van der Waals surface area contributed by atoms with Gasteiger partial charge in [0.2, 0.25) is 0 Å². The lowest BCUT2D eigenvalue weighted by Gasteiger charge is -2.35. The van der Waals surface area contributed by atoms with Crippen LogP contribution in [0.25, 0.3) is 0 Å². The minimum Gasteiger partial charge on any atom is -0.388 e. The summed E-state index contributed by atoms with van der Waals surface area (Å²) in [4.78, 5) is 6.84. The predicted octanol–water partition coefficient (Wildman–Crippen LogP) is 2.58. The lowest BCUT2D eigenvalue weighted by molar-refractivity contribution is 0.134. The fourth-order valence-corrected chi connectivity index (χ4v) is 1.91. The Bertz CT molecular complexity index is 423. The highest BCUT2D eigenvalue weighted by Crippen LogP contribution is 2.24. The Labute approximate surface area is 115 Å². The summed E-state index contributed by atoms with van der Waals surface area (Å²) in [6.45, 7) is 9.87. The highest BCUT2D eigenvalue weighted by atomic mass is 32.1. The molecule has 0 saturated carbocycles. The molecule has 0 fully saturated rings. The largest absolute Gasteiger partial charge is 0.388 e. The maximum Gasteiger partial charge on any atom is 0.122 e. The zero-order valence-corrected chi connectivity index (χ0v) is 12.7. The van der Waals surface area contributed by atoms with Gasteiger partial charge in [-0.2, -0.15) is 0 Å². The first-order valence-corrected chi connectivity index (χ1v) is 6.57. The van der Waals surface area contributed by atoms with Gasteiger partial charge in [0.15, 0.2) is 0 Å². The summed E-state index contributed by atoms with van der Waals surface area (Å²) < 4.78 is 0. The Morgan fingerprint density at radius 2 is 2.11 bits per heavy atom. The van der Waals surface area contributed by atoms with Gasteiger partial charge in [0.1, 0.15) is 4.99 Å². The Morgan fingerprint density at radius 1 is 1.50 bits per heavy atom. The maximum absolute atomic E-state index is 5.60. The molecule has 1 heterocycles. The number of rotatable bonds is 4. The van der Waals surface area contributed by atoms with Crippen molar-refractivity contribution in [3.63, 3.8) is 0 Å². The van der Waals surface area contributed by atoms with Crippen molar-refractivity contribution in [2.45, 2.75) is 40.3 Å². The van der Waals surface area contributed by atoms with Crippen molar-refractivity contribution >= 4 is 17.2 Å². The van der Waals surface area contributed by atoms with E-state index in [0.717, 1.165) is 6.54 Å². The van der Waals surface area contributed by atoms with Gasteiger partial charge in [-0.05, 0) is 37.1 Å². The first kappa shape index (κ1) is 15.1. The Morgan fingerprint density at radius 3 is 2.61 bits per heavy atom. The van der Waals surface area contributed by atoms with Crippen LogP contribution in [0.5, 0.6) is 0 Å². The van der Waals surface area contributed by atoms with Crippen LogP contribution in [0.4, 0.5) is 0 Å². The van der Waals surface area contributed by atoms with Gasteiger partial charge in [0, 0.05) is 18.8 Å². The topological polar surface area (TPSA) is 42.2 Å². The first-order chi connectivity index (χ1) is 8.21. The molecule has 1 unspecified atom stereocenters. The van der Waals surface area contributed by atoms with Gasteiger partial charge in [-0.1, -0.05) is 33.0 Å². The minimum absolute atomic E-state index is 0.258. The van der Waals surface area contributed by atoms with E-state index in [1.54, 1.807) is 6.20 Å². The van der Waals surface area contributed by atoms with Gasteiger partial charge in [0.05, 0.1) is 5.69 Å². The van der Waals surface area contributed by atoms with E-state index in [-0.39, 0.29) is 5.41 Å². The van der Waals surface area contributed by atoms with Gasteiger partial charge in [0.25, 0.3) is 0 Å². The number of hydrogen-bond acceptors (Lipinski definition) is 3. The number of pyridine rings is 1. The van der Waals surface area contributed by atoms with E-state index in [2.05, 4.69) is 44.6 Å². The monoisotopic (exact) mass is 265 g/mol. The normalized spacial score (nSPS) is 13.7. The summed E-state index contributed by atoms with van der Waals surface area (Å²) >= 11 is 4.95. The molecule has 1 rings (SSSR count). The van der Waals surface area contributed by atoms with Gasteiger partial charge in [-0.3, -0.25) is 9.88 Å². The molecule has 4 heteroatoms. The van der Waals surface area contributed by atoms with E-state index in [4.69, 9.17) is 18.0 Å². The Hall–Kier alpha value is -1.00. The van der Waals surface area contributed by atoms with Crippen molar-refractivity contribution < 1.29 is 0 Å². The van der Waals surface area contributed by atoms with Crippen LogP contribution in [0.15, 0.2) is 18.3 Å². The molecule has 0 bridgehead atoms. The van der Waals surface area contributed by atoms with Crippen molar-refractivity contribution in [2.75, 3.05) is 7.05 Å². The van der Waals surface area contributed by atoms with Crippen LogP contribution in [0, 0.1) is 5.41 Å². The molecular weight excluding hydrogens is 242 g/mol. The summed E-state index contributed by atoms with van der Waals surface area (Å²) in [6, 6.07) is 4.46. The third kappa shape index (κ3) is 4.03. The van der Waals surface area contributed by atoms with E-state index in [1.807, 2.05) is 12.1 Å². The molecule has 0 amide bonds. The van der Waals surface area contributed by atoms with Crippen LogP contribution in [0.1, 0.15) is 39.0 Å². The maximum atomic E-state index is 5.60. The molecule has 2 N–H and O–H groups in total. The van der Waals surface area contributed by atoms with Gasteiger partial charge in [-0.15, -0.1) is 0 Å². The molecule has 100 valence electrons. The van der Waals surface area contributed by atoms with Crippen LogP contribution >= 0.6 is 12.2 Å². The van der Waals surface area contributed by atoms with Crippen LogP contribution in [-0.4, -0.2) is 28.0 Å². The average molecular weight is 265 g/mol. The van der Waals surface area contributed by atoms with Gasteiger partial charge < -0.3 is 5.73 Å². The Kier molecular flexibility index (Phi) is 4.82. The molecule has 0 aliphatic carbocycles. The molecule has 1 aromatic heterocycles. The summed E-state index contributed by atoms with van der Waals surface area (Å²) in [6.07, 6.45) is 1.76. The van der Waals surface area contributed by atoms with E-state index in [0.29, 0.717) is 16.7 Å².